The van der Waals surface area contributed by atoms with Gasteiger partial charge in [0.25, 0.3) is 0 Å². The number of guanidine groups is 1. The summed E-state index contributed by atoms with van der Waals surface area (Å²) < 4.78 is 5.58. The van der Waals surface area contributed by atoms with Crippen LogP contribution in [0.2, 0.25) is 0 Å². The molecule has 0 saturated heterocycles. The molecule has 4 rings (SSSR count). The van der Waals surface area contributed by atoms with Crippen LogP contribution in [0.15, 0.2) is 23.2 Å². The lowest BCUT2D eigenvalue weighted by Crippen LogP contribution is -2.38. The molecule has 0 spiro atoms. The van der Waals surface area contributed by atoms with Crippen molar-refractivity contribution in [2.24, 2.45) is 4.99 Å². The molecule has 1 aromatic heterocycles. The van der Waals surface area contributed by atoms with Gasteiger partial charge in [0, 0.05) is 37.9 Å². The summed E-state index contributed by atoms with van der Waals surface area (Å²) in [4.78, 5) is 10.7. The smallest absolute Gasteiger partial charge is 0.190 e. The van der Waals surface area contributed by atoms with Crippen LogP contribution in [0.5, 0.6) is 5.75 Å². The second-order valence-corrected chi connectivity index (χ2v) is 8.67. The second kappa shape index (κ2) is 11.2. The molecule has 29 heavy (non-hydrogen) atoms. The fourth-order valence-electron chi connectivity index (χ4n) is 3.90. The van der Waals surface area contributed by atoms with Crippen molar-refractivity contribution >= 4 is 41.3 Å². The predicted octanol–water partition coefficient (Wildman–Crippen LogP) is 3.92. The molecule has 7 heteroatoms. The molecule has 0 unspecified atom stereocenters. The van der Waals surface area contributed by atoms with E-state index < -0.39 is 0 Å². The minimum Gasteiger partial charge on any atom is -0.493 e. The van der Waals surface area contributed by atoms with Crippen molar-refractivity contribution in [1.29, 1.82) is 0 Å². The Morgan fingerprint density at radius 3 is 2.86 bits per heavy atom. The van der Waals surface area contributed by atoms with Gasteiger partial charge in [-0.25, -0.2) is 4.98 Å². The summed E-state index contributed by atoms with van der Waals surface area (Å²) in [5.41, 5.74) is 4.05. The standard InChI is InChI=1S/C22H30N4OS.HI/c1-23-22(25-13-10-16-8-9-19-17(15-16)11-14-27-19)24-12-4-7-21-26-18-5-2-3-6-20(18)28-21;/h8-9,15H,2-7,10-14H2,1H3,(H2,23,24,25);1H. The highest BCUT2D eigenvalue weighted by Crippen LogP contribution is 2.27. The lowest BCUT2D eigenvalue weighted by Gasteiger charge is -2.12. The van der Waals surface area contributed by atoms with Crippen LogP contribution in [0.1, 0.15) is 46.0 Å². The monoisotopic (exact) mass is 526 g/mol. The second-order valence-electron chi connectivity index (χ2n) is 7.50. The van der Waals surface area contributed by atoms with E-state index in [0.29, 0.717) is 0 Å². The minimum absolute atomic E-state index is 0. The zero-order valence-electron chi connectivity index (χ0n) is 17.1. The van der Waals surface area contributed by atoms with E-state index in [1.165, 1.54) is 52.4 Å². The summed E-state index contributed by atoms with van der Waals surface area (Å²) in [6, 6.07) is 6.53. The van der Waals surface area contributed by atoms with Gasteiger partial charge in [-0.05, 0) is 55.7 Å². The van der Waals surface area contributed by atoms with Crippen LogP contribution >= 0.6 is 35.3 Å². The number of fused-ring (bicyclic) bond motifs is 2. The van der Waals surface area contributed by atoms with Crippen molar-refractivity contribution in [1.82, 2.24) is 15.6 Å². The molecule has 0 atom stereocenters. The van der Waals surface area contributed by atoms with Gasteiger partial charge in [0.15, 0.2) is 5.96 Å². The molecule has 2 aliphatic rings. The Morgan fingerprint density at radius 2 is 2.00 bits per heavy atom. The van der Waals surface area contributed by atoms with Gasteiger partial charge in [-0.15, -0.1) is 35.3 Å². The van der Waals surface area contributed by atoms with Crippen molar-refractivity contribution in [3.05, 3.63) is 44.9 Å². The molecular weight excluding hydrogens is 495 g/mol. The topological polar surface area (TPSA) is 58.5 Å². The number of aliphatic imine (C=N–C) groups is 1. The number of nitrogens with zero attached hydrogens (tertiary/aromatic N) is 2. The lowest BCUT2D eigenvalue weighted by molar-refractivity contribution is 0.357. The average molecular weight is 526 g/mol. The van der Waals surface area contributed by atoms with Gasteiger partial charge in [0.2, 0.25) is 0 Å². The van der Waals surface area contributed by atoms with Crippen LogP contribution < -0.4 is 15.4 Å². The Hall–Kier alpha value is -1.35. The van der Waals surface area contributed by atoms with Crippen LogP contribution in [-0.4, -0.2) is 37.7 Å². The van der Waals surface area contributed by atoms with E-state index >= 15 is 0 Å². The number of benzene rings is 1. The summed E-state index contributed by atoms with van der Waals surface area (Å²) >= 11 is 1.93. The van der Waals surface area contributed by atoms with Crippen molar-refractivity contribution in [3.63, 3.8) is 0 Å². The van der Waals surface area contributed by atoms with Crippen LogP contribution in [0.3, 0.4) is 0 Å². The number of rotatable bonds is 7. The fourth-order valence-corrected chi connectivity index (χ4v) is 5.10. The third-order valence-corrected chi connectivity index (χ3v) is 6.65. The first-order valence-corrected chi connectivity index (χ1v) is 11.3. The van der Waals surface area contributed by atoms with Gasteiger partial charge in [-0.1, -0.05) is 12.1 Å². The normalized spacial score (nSPS) is 15.1. The SMILES string of the molecule is CN=C(NCCCc1nc2c(s1)CCCC2)NCCc1ccc2c(c1)CCO2.I. The number of thiazole rings is 1. The number of hydrogen-bond donors (Lipinski definition) is 2. The van der Waals surface area contributed by atoms with Crippen LogP contribution in [0, 0.1) is 0 Å². The Kier molecular flexibility index (Phi) is 8.59. The first-order chi connectivity index (χ1) is 13.8. The quantitative estimate of drug-likeness (QED) is 0.249. The molecule has 158 valence electrons. The molecular formula is C22H31IN4OS. The molecule has 1 aliphatic heterocycles. The summed E-state index contributed by atoms with van der Waals surface area (Å²) in [6.45, 7) is 2.61. The number of hydrogen-bond acceptors (Lipinski definition) is 4. The van der Waals surface area contributed by atoms with Gasteiger partial charge >= 0.3 is 0 Å². The first-order valence-electron chi connectivity index (χ1n) is 10.5. The summed E-state index contributed by atoms with van der Waals surface area (Å²) in [6.07, 6.45) is 9.20. The number of aryl methyl sites for hydroxylation is 3. The van der Waals surface area contributed by atoms with E-state index in [0.717, 1.165) is 57.1 Å². The fraction of sp³-hybridized carbons (Fsp3) is 0.545. The maximum absolute atomic E-state index is 5.58. The first kappa shape index (κ1) is 22.3. The molecule has 1 aliphatic carbocycles. The van der Waals surface area contributed by atoms with E-state index in [4.69, 9.17) is 9.72 Å². The maximum atomic E-state index is 5.58. The maximum Gasteiger partial charge on any atom is 0.190 e. The molecule has 0 bridgehead atoms. The molecule has 0 fully saturated rings. The summed E-state index contributed by atoms with van der Waals surface area (Å²) in [7, 11) is 1.83. The number of ether oxygens (including phenoxy) is 1. The van der Waals surface area contributed by atoms with Crippen molar-refractivity contribution < 1.29 is 4.74 Å². The molecule has 2 N–H and O–H groups in total. The Labute approximate surface area is 194 Å². The van der Waals surface area contributed by atoms with Gasteiger partial charge in [0.05, 0.1) is 17.3 Å². The predicted molar refractivity (Wildman–Crippen MR) is 131 cm³/mol. The molecule has 0 radical (unpaired) electrons. The van der Waals surface area contributed by atoms with Gasteiger partial charge in [-0.3, -0.25) is 4.99 Å². The van der Waals surface area contributed by atoms with Gasteiger partial charge in [0.1, 0.15) is 5.75 Å². The molecule has 2 aromatic rings. The van der Waals surface area contributed by atoms with Crippen LogP contribution in [0.4, 0.5) is 0 Å². The molecule has 0 saturated carbocycles. The Balaban J connectivity index is 0.00000240. The zero-order chi connectivity index (χ0) is 19.2. The highest BCUT2D eigenvalue weighted by Gasteiger charge is 2.15. The molecule has 1 aromatic carbocycles. The zero-order valence-corrected chi connectivity index (χ0v) is 20.3. The lowest BCUT2D eigenvalue weighted by atomic mass is 10.0. The third-order valence-electron chi connectivity index (χ3n) is 5.43. The van der Waals surface area contributed by atoms with E-state index in [9.17, 15) is 0 Å². The van der Waals surface area contributed by atoms with E-state index in [1.54, 1.807) is 0 Å². The number of halogens is 1. The Bertz CT molecular complexity index is 813. The molecule has 0 amide bonds. The summed E-state index contributed by atoms with van der Waals surface area (Å²) in [5.74, 6) is 1.93. The Morgan fingerprint density at radius 1 is 1.14 bits per heavy atom. The number of nitrogens with one attached hydrogen (secondary N) is 2. The average Bonchev–Trinajstić information content (AvgIpc) is 3.35. The van der Waals surface area contributed by atoms with Gasteiger partial charge in [-0.2, -0.15) is 0 Å². The molecule has 5 nitrogen and oxygen atoms in total. The largest absolute Gasteiger partial charge is 0.493 e. The minimum atomic E-state index is 0. The highest BCUT2D eigenvalue weighted by atomic mass is 127. The van der Waals surface area contributed by atoms with Crippen molar-refractivity contribution in [3.8, 4) is 5.75 Å². The third kappa shape index (κ3) is 6.07. The van der Waals surface area contributed by atoms with Crippen LogP contribution in [0.25, 0.3) is 0 Å². The highest BCUT2D eigenvalue weighted by molar-refractivity contribution is 14.0. The van der Waals surface area contributed by atoms with E-state index in [1.807, 2.05) is 18.4 Å². The number of aromatic nitrogens is 1. The van der Waals surface area contributed by atoms with E-state index in [2.05, 4.69) is 33.8 Å². The summed E-state index contributed by atoms with van der Waals surface area (Å²) in [5, 5.41) is 8.15. The molecule has 2 heterocycles. The van der Waals surface area contributed by atoms with Gasteiger partial charge < -0.3 is 15.4 Å². The van der Waals surface area contributed by atoms with Crippen molar-refractivity contribution in [2.75, 3.05) is 26.7 Å². The van der Waals surface area contributed by atoms with Crippen LogP contribution in [-0.2, 0) is 32.1 Å². The van der Waals surface area contributed by atoms with E-state index in [-0.39, 0.29) is 24.0 Å². The van der Waals surface area contributed by atoms with Crippen molar-refractivity contribution in [2.45, 2.75) is 51.4 Å².